The number of amides is 1. The number of nitrogens with one attached hydrogen (secondary N) is 2. The van der Waals surface area contributed by atoms with Crippen molar-refractivity contribution in [3.05, 3.63) is 95.9 Å². The van der Waals surface area contributed by atoms with E-state index < -0.39 is 0 Å². The third kappa shape index (κ3) is 3.98. The molecule has 4 nitrogen and oxygen atoms in total. The van der Waals surface area contributed by atoms with Crippen molar-refractivity contribution < 1.29 is 13.9 Å². The summed E-state index contributed by atoms with van der Waals surface area (Å²) in [6.07, 6.45) is 0. The first kappa shape index (κ1) is 16.8. The molecular weight excluding hydrogens is 343 g/mol. The second-order valence-corrected chi connectivity index (χ2v) is 6.17. The Bertz CT molecular complexity index is 1070. The van der Waals surface area contributed by atoms with Crippen molar-refractivity contribution >= 4 is 22.5 Å². The number of benzene rings is 3. The van der Waals surface area contributed by atoms with Crippen molar-refractivity contribution in [1.82, 2.24) is 4.98 Å². The molecule has 0 aliphatic carbocycles. The van der Waals surface area contributed by atoms with Crippen molar-refractivity contribution in [2.75, 3.05) is 5.32 Å². The number of hydrogen-bond donors (Lipinski definition) is 2. The highest BCUT2D eigenvalue weighted by molar-refractivity contribution is 6.05. The molecule has 1 amide bonds. The maximum absolute atomic E-state index is 13.3. The molecular formula is C22H17FN2O2. The normalized spacial score (nSPS) is 10.7. The Morgan fingerprint density at radius 1 is 0.963 bits per heavy atom. The third-order valence-corrected chi connectivity index (χ3v) is 4.19. The van der Waals surface area contributed by atoms with Gasteiger partial charge >= 0.3 is 0 Å². The highest BCUT2D eigenvalue weighted by atomic mass is 19.1. The van der Waals surface area contributed by atoms with Crippen LogP contribution in [0.25, 0.3) is 10.9 Å². The van der Waals surface area contributed by atoms with Crippen LogP contribution in [0.1, 0.15) is 16.1 Å². The Kier molecular flexibility index (Phi) is 4.58. The molecule has 1 aromatic heterocycles. The molecule has 0 saturated carbocycles. The summed E-state index contributed by atoms with van der Waals surface area (Å²) in [5.41, 5.74) is 2.70. The summed E-state index contributed by atoms with van der Waals surface area (Å²) in [6.45, 7) is 0.484. The van der Waals surface area contributed by atoms with Gasteiger partial charge in [0.25, 0.3) is 5.91 Å². The highest BCUT2D eigenvalue weighted by Crippen LogP contribution is 2.20. The highest BCUT2D eigenvalue weighted by Gasteiger charge is 2.10. The lowest BCUT2D eigenvalue weighted by atomic mass is 10.2. The van der Waals surface area contributed by atoms with E-state index in [1.165, 1.54) is 12.1 Å². The Labute approximate surface area is 155 Å². The maximum Gasteiger partial charge on any atom is 0.272 e. The molecule has 4 aromatic rings. The van der Waals surface area contributed by atoms with Gasteiger partial charge in [-0.05, 0) is 54.1 Å². The molecule has 5 heteroatoms. The van der Waals surface area contributed by atoms with E-state index in [0.29, 0.717) is 23.5 Å². The first-order valence-corrected chi connectivity index (χ1v) is 8.54. The second kappa shape index (κ2) is 7.33. The van der Waals surface area contributed by atoms with Crippen molar-refractivity contribution in [3.63, 3.8) is 0 Å². The van der Waals surface area contributed by atoms with E-state index in [2.05, 4.69) is 10.3 Å². The van der Waals surface area contributed by atoms with E-state index in [1.807, 2.05) is 30.3 Å². The van der Waals surface area contributed by atoms with Crippen LogP contribution in [-0.4, -0.2) is 10.9 Å². The van der Waals surface area contributed by atoms with Crippen LogP contribution < -0.4 is 10.1 Å². The van der Waals surface area contributed by atoms with E-state index in [4.69, 9.17) is 4.74 Å². The van der Waals surface area contributed by atoms with E-state index in [9.17, 15) is 9.18 Å². The fourth-order valence-electron chi connectivity index (χ4n) is 2.80. The van der Waals surface area contributed by atoms with Crippen LogP contribution in [0.15, 0.2) is 78.9 Å². The van der Waals surface area contributed by atoms with Crippen molar-refractivity contribution in [2.24, 2.45) is 0 Å². The number of anilines is 1. The largest absolute Gasteiger partial charge is 0.489 e. The number of H-pyrrole nitrogens is 1. The van der Waals surface area contributed by atoms with Crippen molar-refractivity contribution in [3.8, 4) is 5.75 Å². The zero-order chi connectivity index (χ0) is 18.6. The Morgan fingerprint density at radius 2 is 1.74 bits per heavy atom. The van der Waals surface area contributed by atoms with Gasteiger partial charge in [0.2, 0.25) is 0 Å². The molecule has 3 aromatic carbocycles. The number of halogens is 1. The minimum absolute atomic E-state index is 0.287. The molecule has 4 rings (SSSR count). The van der Waals surface area contributed by atoms with E-state index >= 15 is 0 Å². The smallest absolute Gasteiger partial charge is 0.272 e. The molecule has 27 heavy (non-hydrogen) atoms. The summed E-state index contributed by atoms with van der Waals surface area (Å²) in [7, 11) is 0. The van der Waals surface area contributed by atoms with Crippen LogP contribution in [0, 0.1) is 5.82 Å². The van der Waals surface area contributed by atoms with Crippen LogP contribution in [0.3, 0.4) is 0 Å². The average molecular weight is 360 g/mol. The number of fused-ring (bicyclic) bond motifs is 1. The molecule has 2 N–H and O–H groups in total. The van der Waals surface area contributed by atoms with Crippen LogP contribution in [0.5, 0.6) is 5.75 Å². The van der Waals surface area contributed by atoms with Gasteiger partial charge in [0, 0.05) is 16.6 Å². The SMILES string of the molecule is O=C(Nc1ccc(OCc2ccccc2)cc1)c1cc2ccc(F)cc2[nH]1. The first-order valence-electron chi connectivity index (χ1n) is 8.54. The van der Waals surface area contributed by atoms with Gasteiger partial charge in [-0.25, -0.2) is 4.39 Å². The number of aromatic nitrogens is 1. The molecule has 134 valence electrons. The number of rotatable bonds is 5. The fraction of sp³-hybridized carbons (Fsp3) is 0.0455. The summed E-state index contributed by atoms with van der Waals surface area (Å²) >= 11 is 0. The molecule has 0 bridgehead atoms. The summed E-state index contributed by atoms with van der Waals surface area (Å²) < 4.78 is 19.0. The molecule has 0 spiro atoms. The molecule has 0 atom stereocenters. The lowest BCUT2D eigenvalue weighted by Gasteiger charge is -2.08. The van der Waals surface area contributed by atoms with Gasteiger partial charge in [0.1, 0.15) is 23.9 Å². The number of carbonyl (C=O) groups is 1. The Balaban J connectivity index is 1.40. The van der Waals surface area contributed by atoms with Gasteiger partial charge in [-0.15, -0.1) is 0 Å². The summed E-state index contributed by atoms with van der Waals surface area (Å²) in [6, 6.07) is 23.1. The van der Waals surface area contributed by atoms with Crippen LogP contribution in [0.4, 0.5) is 10.1 Å². The topological polar surface area (TPSA) is 54.1 Å². The number of carbonyl (C=O) groups excluding carboxylic acids is 1. The van der Waals surface area contributed by atoms with Crippen molar-refractivity contribution in [1.29, 1.82) is 0 Å². The number of hydrogen-bond acceptors (Lipinski definition) is 2. The standard InChI is InChI=1S/C22H17FN2O2/c23-17-7-6-16-12-21(25-20(16)13-17)22(26)24-18-8-10-19(11-9-18)27-14-15-4-2-1-3-5-15/h1-13,25H,14H2,(H,24,26). The zero-order valence-corrected chi connectivity index (χ0v) is 14.4. The van der Waals surface area contributed by atoms with Gasteiger partial charge in [-0.1, -0.05) is 30.3 Å². The molecule has 0 saturated heterocycles. The summed E-state index contributed by atoms with van der Waals surface area (Å²) in [4.78, 5) is 15.3. The molecule has 0 unspecified atom stereocenters. The Morgan fingerprint density at radius 3 is 2.52 bits per heavy atom. The summed E-state index contributed by atoms with van der Waals surface area (Å²) in [5, 5.41) is 3.60. The maximum atomic E-state index is 13.3. The predicted octanol–water partition coefficient (Wildman–Crippen LogP) is 5.14. The van der Waals surface area contributed by atoms with Crippen LogP contribution in [0.2, 0.25) is 0 Å². The van der Waals surface area contributed by atoms with Crippen molar-refractivity contribution in [2.45, 2.75) is 6.61 Å². The van der Waals surface area contributed by atoms with Gasteiger partial charge in [-0.3, -0.25) is 4.79 Å². The Hall–Kier alpha value is -3.60. The fourth-order valence-corrected chi connectivity index (χ4v) is 2.80. The van der Waals surface area contributed by atoms with Gasteiger partial charge in [0.15, 0.2) is 0 Å². The number of ether oxygens (including phenoxy) is 1. The molecule has 0 aliphatic heterocycles. The monoisotopic (exact) mass is 360 g/mol. The molecule has 0 fully saturated rings. The minimum atomic E-state index is -0.345. The van der Waals surface area contributed by atoms with Crippen LogP contribution in [-0.2, 0) is 6.61 Å². The predicted molar refractivity (Wildman–Crippen MR) is 103 cm³/mol. The summed E-state index contributed by atoms with van der Waals surface area (Å²) in [5.74, 6) is 0.0879. The first-order chi connectivity index (χ1) is 13.2. The van der Waals surface area contributed by atoms with E-state index in [-0.39, 0.29) is 11.7 Å². The number of aromatic amines is 1. The van der Waals surface area contributed by atoms with E-state index in [0.717, 1.165) is 16.7 Å². The lowest BCUT2D eigenvalue weighted by Crippen LogP contribution is -2.12. The third-order valence-electron chi connectivity index (χ3n) is 4.19. The molecule has 0 aliphatic rings. The van der Waals surface area contributed by atoms with Crippen LogP contribution >= 0.6 is 0 Å². The molecule has 0 radical (unpaired) electrons. The average Bonchev–Trinajstić information content (AvgIpc) is 3.11. The quantitative estimate of drug-likeness (QED) is 0.518. The molecule has 1 heterocycles. The van der Waals surface area contributed by atoms with Gasteiger partial charge in [-0.2, -0.15) is 0 Å². The minimum Gasteiger partial charge on any atom is -0.489 e. The lowest BCUT2D eigenvalue weighted by molar-refractivity contribution is 0.102. The van der Waals surface area contributed by atoms with Gasteiger partial charge < -0.3 is 15.0 Å². The zero-order valence-electron chi connectivity index (χ0n) is 14.4. The van der Waals surface area contributed by atoms with E-state index in [1.54, 1.807) is 36.4 Å². The second-order valence-electron chi connectivity index (χ2n) is 6.17. The van der Waals surface area contributed by atoms with Gasteiger partial charge in [0.05, 0.1) is 0 Å².